The van der Waals surface area contributed by atoms with Crippen molar-refractivity contribution in [3.05, 3.63) is 0 Å². The highest BCUT2D eigenvalue weighted by Crippen LogP contribution is 2.57. The number of carbonyl (C=O) groups is 3. The number of nitrogens with zero attached hydrogens (tertiary/aromatic N) is 1. The Morgan fingerprint density at radius 2 is 1.73 bits per heavy atom. The SMILES string of the molecule is COC(=O)CCNC(=O)[C@@H]1OP(=O)(OCOC(=O)C2(C3CCCCCCC3)CC(C(C)(C)C)NN2C)OCC1(C)C. The van der Waals surface area contributed by atoms with Crippen molar-refractivity contribution in [1.29, 1.82) is 0 Å². The molecule has 41 heavy (non-hydrogen) atoms. The van der Waals surface area contributed by atoms with E-state index in [4.69, 9.17) is 18.3 Å². The largest absolute Gasteiger partial charge is 0.478 e. The van der Waals surface area contributed by atoms with Crippen molar-refractivity contribution in [3.8, 4) is 0 Å². The summed E-state index contributed by atoms with van der Waals surface area (Å²) in [6.07, 6.45) is 6.87. The van der Waals surface area contributed by atoms with Gasteiger partial charge in [0.1, 0.15) is 5.54 Å². The lowest BCUT2D eigenvalue weighted by Gasteiger charge is -2.41. The number of phosphoric acid groups is 1. The summed E-state index contributed by atoms with van der Waals surface area (Å²) in [6, 6.07) is 0.0652. The van der Waals surface area contributed by atoms with E-state index in [1.54, 1.807) is 13.8 Å². The summed E-state index contributed by atoms with van der Waals surface area (Å²) < 4.78 is 40.0. The molecule has 3 fully saturated rings. The van der Waals surface area contributed by atoms with Crippen LogP contribution in [0.1, 0.15) is 92.4 Å². The number of methoxy groups -OCH3 is 1. The average molecular weight is 604 g/mol. The molecular formula is C28H50N3O9P. The van der Waals surface area contributed by atoms with Gasteiger partial charge in [-0.2, -0.15) is 0 Å². The third kappa shape index (κ3) is 8.30. The lowest BCUT2D eigenvalue weighted by Crippen LogP contribution is -2.57. The molecule has 3 rings (SSSR count). The van der Waals surface area contributed by atoms with Gasteiger partial charge in [0.15, 0.2) is 6.10 Å². The van der Waals surface area contributed by atoms with E-state index in [0.717, 1.165) is 38.5 Å². The van der Waals surface area contributed by atoms with Crippen molar-refractivity contribution in [1.82, 2.24) is 15.8 Å². The van der Waals surface area contributed by atoms with Gasteiger partial charge in [-0.15, -0.1) is 0 Å². The Labute approximate surface area is 244 Å². The van der Waals surface area contributed by atoms with Crippen molar-refractivity contribution in [2.24, 2.45) is 16.7 Å². The Morgan fingerprint density at radius 3 is 2.32 bits per heavy atom. The predicted molar refractivity (Wildman–Crippen MR) is 151 cm³/mol. The lowest BCUT2D eigenvalue weighted by molar-refractivity contribution is -0.171. The van der Waals surface area contributed by atoms with Crippen molar-refractivity contribution in [2.75, 3.05) is 34.1 Å². The molecule has 0 spiro atoms. The monoisotopic (exact) mass is 603 g/mol. The number of rotatable bonds is 9. The van der Waals surface area contributed by atoms with Gasteiger partial charge < -0.3 is 14.8 Å². The lowest BCUT2D eigenvalue weighted by atomic mass is 9.71. The van der Waals surface area contributed by atoms with Crippen LogP contribution < -0.4 is 10.7 Å². The number of phosphoric ester groups is 1. The molecule has 1 aliphatic carbocycles. The fourth-order valence-electron chi connectivity index (χ4n) is 5.95. The first kappa shape index (κ1) is 33.9. The van der Waals surface area contributed by atoms with Crippen LogP contribution >= 0.6 is 7.82 Å². The van der Waals surface area contributed by atoms with Crippen molar-refractivity contribution >= 4 is 25.7 Å². The molecule has 1 amide bonds. The first-order valence-electron chi connectivity index (χ1n) is 14.7. The summed E-state index contributed by atoms with van der Waals surface area (Å²) in [5.41, 5.74) is 1.71. The van der Waals surface area contributed by atoms with E-state index in [1.807, 2.05) is 12.1 Å². The van der Waals surface area contributed by atoms with Crippen LogP contribution in [0.25, 0.3) is 0 Å². The normalized spacial score (nSPS) is 31.6. The first-order valence-corrected chi connectivity index (χ1v) is 16.2. The fraction of sp³-hybridized carbons (Fsp3) is 0.893. The molecule has 2 N–H and O–H groups in total. The minimum absolute atomic E-state index is 0.0158. The van der Waals surface area contributed by atoms with Crippen LogP contribution in [0.15, 0.2) is 0 Å². The maximum absolute atomic E-state index is 13.9. The number of hydrazine groups is 1. The van der Waals surface area contributed by atoms with Crippen molar-refractivity contribution in [2.45, 2.75) is 110 Å². The van der Waals surface area contributed by atoms with E-state index in [9.17, 15) is 18.9 Å². The third-order valence-corrected chi connectivity index (χ3v) is 10.0. The molecule has 0 bridgehead atoms. The van der Waals surface area contributed by atoms with Gasteiger partial charge in [-0.05, 0) is 30.6 Å². The Kier molecular flexibility index (Phi) is 11.4. The quantitative estimate of drug-likeness (QED) is 0.224. The summed E-state index contributed by atoms with van der Waals surface area (Å²) in [7, 11) is -1.07. The van der Waals surface area contributed by atoms with Crippen LogP contribution in [0, 0.1) is 16.7 Å². The molecule has 0 aromatic carbocycles. The van der Waals surface area contributed by atoms with Crippen molar-refractivity contribution < 1.29 is 42.0 Å². The molecule has 236 valence electrons. The molecule has 2 aliphatic heterocycles. The van der Waals surface area contributed by atoms with E-state index in [2.05, 4.69) is 36.3 Å². The molecule has 13 heteroatoms. The van der Waals surface area contributed by atoms with Crippen LogP contribution in [0.2, 0.25) is 0 Å². The van der Waals surface area contributed by atoms with E-state index in [1.165, 1.54) is 13.5 Å². The highest BCUT2D eigenvalue weighted by molar-refractivity contribution is 7.48. The number of ether oxygens (including phenoxy) is 2. The number of carbonyl (C=O) groups excluding carboxylic acids is 3. The molecule has 2 heterocycles. The second kappa shape index (κ2) is 13.8. The number of likely N-dealkylation sites (N-methyl/N-ethyl adjacent to an activating group) is 1. The zero-order valence-electron chi connectivity index (χ0n) is 25.8. The van der Waals surface area contributed by atoms with E-state index < -0.39 is 49.5 Å². The fourth-order valence-corrected chi connectivity index (χ4v) is 7.46. The van der Waals surface area contributed by atoms with Gasteiger partial charge in [-0.25, -0.2) is 18.9 Å². The minimum atomic E-state index is -4.23. The zero-order chi connectivity index (χ0) is 30.5. The molecular weight excluding hydrogens is 553 g/mol. The number of hydrogen-bond donors (Lipinski definition) is 2. The summed E-state index contributed by atoms with van der Waals surface area (Å²) in [4.78, 5) is 38.1. The first-order chi connectivity index (χ1) is 19.1. The summed E-state index contributed by atoms with van der Waals surface area (Å²) in [5, 5.41) is 4.52. The standard InChI is InChI=1S/C28H50N3O9P/c1-26(2,3)21-17-28(31(6)30-21,20-13-11-9-8-10-12-14-20)25(34)37-19-39-41(35)38-18-27(4,5)23(40-41)24(33)29-16-15-22(32)36-7/h20-21,23,30H,8-19H2,1-7H3,(H,29,33)/t21?,23-,28?,41?/m0/s1. The Morgan fingerprint density at radius 1 is 1.10 bits per heavy atom. The number of hydrogen-bond acceptors (Lipinski definition) is 11. The molecule has 0 aromatic rings. The van der Waals surface area contributed by atoms with Crippen LogP contribution in [-0.2, 0) is 42.0 Å². The maximum atomic E-state index is 13.9. The van der Waals surface area contributed by atoms with E-state index in [-0.39, 0.29) is 36.9 Å². The maximum Gasteiger partial charge on any atom is 0.478 e. The number of amides is 1. The van der Waals surface area contributed by atoms with Gasteiger partial charge >= 0.3 is 19.8 Å². The summed E-state index contributed by atoms with van der Waals surface area (Å²) in [5.74, 6) is -1.37. The summed E-state index contributed by atoms with van der Waals surface area (Å²) in [6.45, 7) is 9.21. The van der Waals surface area contributed by atoms with Gasteiger partial charge in [0.05, 0.1) is 20.1 Å². The second-order valence-corrected chi connectivity index (χ2v) is 14.9. The van der Waals surface area contributed by atoms with Crippen LogP contribution in [0.4, 0.5) is 0 Å². The molecule has 1 saturated carbocycles. The van der Waals surface area contributed by atoms with Gasteiger partial charge in [-0.1, -0.05) is 66.7 Å². The highest BCUT2D eigenvalue weighted by Gasteiger charge is 2.57. The number of nitrogens with one attached hydrogen (secondary N) is 2. The molecule has 2 saturated heterocycles. The van der Waals surface area contributed by atoms with Crippen molar-refractivity contribution in [3.63, 3.8) is 0 Å². The highest BCUT2D eigenvalue weighted by atomic mass is 31.2. The molecule has 0 aromatic heterocycles. The second-order valence-electron chi connectivity index (χ2n) is 13.3. The van der Waals surface area contributed by atoms with Gasteiger partial charge in [-0.3, -0.25) is 24.1 Å². The minimum Gasteiger partial charge on any atom is -0.469 e. The smallest absolute Gasteiger partial charge is 0.469 e. The van der Waals surface area contributed by atoms with Gasteiger partial charge in [0.2, 0.25) is 12.7 Å². The molecule has 4 atom stereocenters. The third-order valence-electron chi connectivity index (χ3n) is 8.68. The van der Waals surface area contributed by atoms with E-state index >= 15 is 0 Å². The van der Waals surface area contributed by atoms with E-state index in [0.29, 0.717) is 6.42 Å². The topological polar surface area (TPSA) is 142 Å². The average Bonchev–Trinajstić information content (AvgIpc) is 3.24. The van der Waals surface area contributed by atoms with Gasteiger partial charge in [0.25, 0.3) is 0 Å². The molecule has 3 unspecified atom stereocenters. The van der Waals surface area contributed by atoms with Crippen LogP contribution in [0.5, 0.6) is 0 Å². The predicted octanol–water partition coefficient (Wildman–Crippen LogP) is 4.09. The Hall–Kier alpha value is -1.56. The van der Waals surface area contributed by atoms with Crippen LogP contribution in [-0.4, -0.2) is 74.6 Å². The number of esters is 2. The molecule has 12 nitrogen and oxygen atoms in total. The Balaban J connectivity index is 1.68. The summed E-state index contributed by atoms with van der Waals surface area (Å²) >= 11 is 0. The van der Waals surface area contributed by atoms with Gasteiger partial charge in [0, 0.05) is 25.0 Å². The molecule has 3 aliphatic rings. The molecule has 0 radical (unpaired) electrons. The Bertz CT molecular complexity index is 977. The van der Waals surface area contributed by atoms with Crippen LogP contribution in [0.3, 0.4) is 0 Å². The zero-order valence-corrected chi connectivity index (χ0v) is 26.7.